The van der Waals surface area contributed by atoms with Crippen LogP contribution < -0.4 is 0 Å². The Bertz CT molecular complexity index is 422. The van der Waals surface area contributed by atoms with E-state index in [1.807, 2.05) is 0 Å². The van der Waals surface area contributed by atoms with E-state index < -0.39 is 0 Å². The molecule has 3 heteroatoms. The molecule has 0 unspecified atom stereocenters. The predicted octanol–water partition coefficient (Wildman–Crippen LogP) is 3.26. The number of hydrogen-bond donors (Lipinski definition) is 1. The fourth-order valence-electron chi connectivity index (χ4n) is 1.15. The summed E-state index contributed by atoms with van der Waals surface area (Å²) in [6.45, 7) is 0. The zero-order valence-corrected chi connectivity index (χ0v) is 7.51. The van der Waals surface area contributed by atoms with Crippen molar-refractivity contribution in [3.05, 3.63) is 41.5 Å². The van der Waals surface area contributed by atoms with Crippen LogP contribution in [-0.4, -0.2) is 5.11 Å². The number of benzene rings is 1. The van der Waals surface area contributed by atoms with Gasteiger partial charge in [0.2, 0.25) is 0 Å². The molecule has 2 rings (SSSR count). The van der Waals surface area contributed by atoms with Crippen molar-refractivity contribution in [1.29, 1.82) is 0 Å². The second-order valence-electron chi connectivity index (χ2n) is 2.65. The van der Waals surface area contributed by atoms with E-state index in [4.69, 9.17) is 0 Å². The van der Waals surface area contributed by atoms with Crippen LogP contribution in [0.4, 0.5) is 4.39 Å². The molecule has 2 aromatic rings. The molecule has 1 aromatic heterocycles. The van der Waals surface area contributed by atoms with E-state index in [1.165, 1.54) is 23.5 Å². The molecule has 0 saturated carbocycles. The van der Waals surface area contributed by atoms with E-state index in [9.17, 15) is 9.50 Å². The molecule has 1 aromatic carbocycles. The number of halogens is 1. The third-order valence-electron chi connectivity index (χ3n) is 1.73. The van der Waals surface area contributed by atoms with E-state index in [-0.39, 0.29) is 11.6 Å². The minimum Gasteiger partial charge on any atom is -0.506 e. The van der Waals surface area contributed by atoms with Crippen molar-refractivity contribution in [1.82, 2.24) is 0 Å². The first kappa shape index (κ1) is 8.26. The van der Waals surface area contributed by atoms with Crippen molar-refractivity contribution in [3.63, 3.8) is 0 Å². The maximum Gasteiger partial charge on any atom is 0.134 e. The maximum atomic E-state index is 12.8. The number of rotatable bonds is 1. The summed E-state index contributed by atoms with van der Waals surface area (Å²) in [5.74, 6) is -0.0825. The Morgan fingerprint density at radius 2 is 2.08 bits per heavy atom. The highest BCUT2D eigenvalue weighted by Crippen LogP contribution is 2.34. The summed E-state index contributed by atoms with van der Waals surface area (Å²) in [5, 5.41) is 11.2. The Kier molecular flexibility index (Phi) is 2.02. The van der Waals surface area contributed by atoms with Crippen LogP contribution >= 0.6 is 11.3 Å². The number of hydrogen-bond acceptors (Lipinski definition) is 2. The fraction of sp³-hybridized carbons (Fsp3) is 0. The Morgan fingerprint density at radius 1 is 1.23 bits per heavy atom. The Labute approximate surface area is 79.1 Å². The van der Waals surface area contributed by atoms with E-state index in [1.54, 1.807) is 23.6 Å². The zero-order valence-electron chi connectivity index (χ0n) is 6.70. The lowest BCUT2D eigenvalue weighted by Crippen LogP contribution is -1.75. The van der Waals surface area contributed by atoms with Crippen LogP contribution in [0.2, 0.25) is 0 Å². The molecule has 0 aliphatic heterocycles. The van der Waals surface area contributed by atoms with E-state index in [2.05, 4.69) is 0 Å². The van der Waals surface area contributed by atoms with Gasteiger partial charge in [-0.15, -0.1) is 11.3 Å². The van der Waals surface area contributed by atoms with Crippen molar-refractivity contribution >= 4 is 11.3 Å². The molecule has 13 heavy (non-hydrogen) atoms. The van der Waals surface area contributed by atoms with Crippen molar-refractivity contribution in [2.45, 2.75) is 0 Å². The molecule has 1 nitrogen and oxygen atoms in total. The Hall–Kier alpha value is -1.35. The first-order chi connectivity index (χ1) is 6.27. The van der Waals surface area contributed by atoms with Crippen molar-refractivity contribution in [2.24, 2.45) is 0 Å². The molecular formula is C10H7FOS. The van der Waals surface area contributed by atoms with Crippen molar-refractivity contribution in [2.75, 3.05) is 0 Å². The summed E-state index contributed by atoms with van der Waals surface area (Å²) in [6, 6.07) is 7.79. The summed E-state index contributed by atoms with van der Waals surface area (Å²) in [6.07, 6.45) is 0. The quantitative estimate of drug-likeness (QED) is 0.738. The zero-order chi connectivity index (χ0) is 9.26. The fourth-order valence-corrected chi connectivity index (χ4v) is 1.93. The lowest BCUT2D eigenvalue weighted by atomic mass is 10.2. The van der Waals surface area contributed by atoms with Gasteiger partial charge in [-0.05, 0) is 29.1 Å². The molecule has 0 saturated heterocycles. The van der Waals surface area contributed by atoms with Crippen LogP contribution in [0.3, 0.4) is 0 Å². The average molecular weight is 194 g/mol. The van der Waals surface area contributed by atoms with Gasteiger partial charge >= 0.3 is 0 Å². The van der Waals surface area contributed by atoms with Gasteiger partial charge in [-0.25, -0.2) is 4.39 Å². The third kappa shape index (κ3) is 1.55. The minimum absolute atomic E-state index is 0.204. The van der Waals surface area contributed by atoms with Crippen LogP contribution in [0.15, 0.2) is 35.7 Å². The molecular weight excluding hydrogens is 187 g/mol. The molecule has 1 heterocycles. The number of aromatic hydroxyl groups is 1. The van der Waals surface area contributed by atoms with Gasteiger partial charge in [-0.3, -0.25) is 0 Å². The van der Waals surface area contributed by atoms with Gasteiger partial charge in [-0.1, -0.05) is 12.1 Å². The minimum atomic E-state index is -0.287. The second-order valence-corrected chi connectivity index (χ2v) is 3.56. The molecule has 0 radical (unpaired) electrons. The molecule has 0 atom stereocenters. The third-order valence-corrected chi connectivity index (χ3v) is 2.68. The Morgan fingerprint density at radius 3 is 2.69 bits per heavy atom. The first-order valence-electron chi connectivity index (χ1n) is 3.80. The summed E-state index contributed by atoms with van der Waals surface area (Å²) >= 11 is 1.39. The smallest absolute Gasteiger partial charge is 0.134 e. The monoisotopic (exact) mass is 194 g/mol. The summed E-state index contributed by atoms with van der Waals surface area (Å²) in [5.41, 5.74) is 0.715. The van der Waals surface area contributed by atoms with Crippen LogP contribution in [-0.2, 0) is 0 Å². The van der Waals surface area contributed by atoms with Gasteiger partial charge < -0.3 is 5.11 Å². The molecule has 0 amide bonds. The van der Waals surface area contributed by atoms with Crippen molar-refractivity contribution < 1.29 is 9.50 Å². The number of thiophene rings is 1. The largest absolute Gasteiger partial charge is 0.506 e. The maximum absolute atomic E-state index is 12.8. The van der Waals surface area contributed by atoms with Crippen LogP contribution in [0.5, 0.6) is 5.75 Å². The second kappa shape index (κ2) is 3.18. The van der Waals surface area contributed by atoms with E-state index in [0.717, 1.165) is 0 Å². The lowest BCUT2D eigenvalue weighted by Gasteiger charge is -1.97. The van der Waals surface area contributed by atoms with Gasteiger partial charge in [0.15, 0.2) is 0 Å². The molecule has 0 bridgehead atoms. The highest BCUT2D eigenvalue weighted by atomic mass is 32.1. The van der Waals surface area contributed by atoms with Crippen LogP contribution in [0, 0.1) is 5.82 Å². The molecule has 0 aliphatic rings. The first-order valence-corrected chi connectivity index (χ1v) is 4.68. The SMILES string of the molecule is Oc1ccsc1-c1cccc(F)c1. The summed E-state index contributed by atoms with van der Waals surface area (Å²) in [7, 11) is 0. The molecule has 0 spiro atoms. The van der Waals surface area contributed by atoms with Gasteiger partial charge in [0.25, 0.3) is 0 Å². The standard InChI is InChI=1S/C10H7FOS/c11-8-3-1-2-7(6-8)10-9(12)4-5-13-10/h1-6,12H. The topological polar surface area (TPSA) is 20.2 Å². The average Bonchev–Trinajstić information content (AvgIpc) is 2.51. The molecule has 0 fully saturated rings. The van der Waals surface area contributed by atoms with Crippen LogP contribution in [0.25, 0.3) is 10.4 Å². The predicted molar refractivity (Wildman–Crippen MR) is 51.4 cm³/mol. The lowest BCUT2D eigenvalue weighted by molar-refractivity contribution is 0.479. The summed E-state index contributed by atoms with van der Waals surface area (Å²) in [4.78, 5) is 0.708. The summed E-state index contributed by atoms with van der Waals surface area (Å²) < 4.78 is 12.8. The van der Waals surface area contributed by atoms with Gasteiger partial charge in [0.1, 0.15) is 11.6 Å². The van der Waals surface area contributed by atoms with E-state index in [0.29, 0.717) is 10.4 Å². The van der Waals surface area contributed by atoms with Crippen molar-refractivity contribution in [3.8, 4) is 16.2 Å². The van der Waals surface area contributed by atoms with Gasteiger partial charge in [0, 0.05) is 0 Å². The normalized spacial score (nSPS) is 10.2. The Balaban J connectivity index is 2.53. The molecule has 1 N–H and O–H groups in total. The van der Waals surface area contributed by atoms with Gasteiger partial charge in [-0.2, -0.15) is 0 Å². The van der Waals surface area contributed by atoms with Gasteiger partial charge in [0.05, 0.1) is 4.88 Å². The van der Waals surface area contributed by atoms with E-state index >= 15 is 0 Å². The van der Waals surface area contributed by atoms with Crippen LogP contribution in [0.1, 0.15) is 0 Å². The highest BCUT2D eigenvalue weighted by Gasteiger charge is 2.05. The molecule has 66 valence electrons. The highest BCUT2D eigenvalue weighted by molar-refractivity contribution is 7.14. The molecule has 0 aliphatic carbocycles.